The summed E-state index contributed by atoms with van der Waals surface area (Å²) < 4.78 is 1.53. The Bertz CT molecular complexity index is 114. The number of hydrogen-bond donors (Lipinski definition) is 0. The number of nitrogens with zero attached hydrogens (tertiary/aromatic N) is 1. The average Bonchev–Trinajstić information content (AvgIpc) is 1.81. The molecule has 0 unspecified atom stereocenters. The van der Waals surface area contributed by atoms with Gasteiger partial charge >= 0.3 is 19.3 Å². The van der Waals surface area contributed by atoms with Crippen LogP contribution in [0.15, 0.2) is 0 Å². The predicted octanol–water partition coefficient (Wildman–Crippen LogP) is 3.85. The summed E-state index contributed by atoms with van der Waals surface area (Å²) in [6.07, 6.45) is 0. The van der Waals surface area contributed by atoms with Crippen molar-refractivity contribution in [2.24, 2.45) is 0 Å². The van der Waals surface area contributed by atoms with Crippen LogP contribution in [-0.4, -0.2) is 30.8 Å². The third-order valence-corrected chi connectivity index (χ3v) is 4.37. The molecule has 0 aromatic carbocycles. The Morgan fingerprint density at radius 3 is 1.38 bits per heavy atom. The molecule has 0 rings (SSSR count). The van der Waals surface area contributed by atoms with Crippen molar-refractivity contribution in [1.29, 1.82) is 0 Å². The van der Waals surface area contributed by atoms with E-state index in [0.29, 0.717) is 0 Å². The molecule has 0 radical (unpaired) electrons. The maximum absolute atomic E-state index is 5.48. The summed E-state index contributed by atoms with van der Waals surface area (Å²) in [5, 5.41) is 0. The Morgan fingerprint density at radius 2 is 1.38 bits per heavy atom. The topological polar surface area (TPSA) is 3.24 Å². The minimum atomic E-state index is -2.19. The Kier molecular flexibility index (Phi) is 11.8. The molecule has 0 aliphatic carbocycles. The fourth-order valence-electron chi connectivity index (χ4n) is 0.0852. The zero-order valence-electron chi connectivity index (χ0n) is 6.75. The Morgan fingerprint density at radius 1 is 1.15 bits per heavy atom. The molecular weight excluding hydrogens is 353 g/mol. The second-order valence-corrected chi connectivity index (χ2v) is 17.7. The second kappa shape index (κ2) is 8.62. The van der Waals surface area contributed by atoms with E-state index in [2.05, 4.69) is 0 Å². The molecule has 0 N–H and O–H groups in total. The first-order valence-corrected chi connectivity index (χ1v) is 13.3. The lowest BCUT2D eigenvalue weighted by atomic mass is 10.4. The van der Waals surface area contributed by atoms with Gasteiger partial charge in [0.05, 0.1) is 0 Å². The van der Waals surface area contributed by atoms with E-state index in [1.807, 2.05) is 0 Å². The van der Waals surface area contributed by atoms with Crippen molar-refractivity contribution in [3.05, 3.63) is 0 Å². The van der Waals surface area contributed by atoms with Gasteiger partial charge in [0.25, 0.3) is 0 Å². The van der Waals surface area contributed by atoms with Gasteiger partial charge in [0.15, 0.2) is 0 Å². The average molecular weight is 360 g/mol. The predicted molar refractivity (Wildman–Crippen MR) is 73.3 cm³/mol. The number of hydrogen-bond acceptors (Lipinski definition) is 1. The SMILES string of the molecule is CN(B(Cl)Cl)[SiH](Cl)Cl.C[Si](Cl)(Cl)Cl. The van der Waals surface area contributed by atoms with Crippen LogP contribution in [0.2, 0.25) is 6.55 Å². The van der Waals surface area contributed by atoms with Crippen molar-refractivity contribution >= 4 is 97.6 Å². The van der Waals surface area contributed by atoms with E-state index in [0.717, 1.165) is 0 Å². The molecule has 0 saturated heterocycles. The highest BCUT2D eigenvalue weighted by Gasteiger charge is 2.20. The molecule has 11 heteroatoms. The molecule has 0 bridgehead atoms. The fourth-order valence-corrected chi connectivity index (χ4v) is 2.30. The summed E-state index contributed by atoms with van der Waals surface area (Å²) in [6, 6.07) is -2.19. The Labute approximate surface area is 115 Å². The van der Waals surface area contributed by atoms with Gasteiger partial charge in [-0.1, -0.05) is 0 Å². The second-order valence-electron chi connectivity index (χ2n) is 2.00. The van der Waals surface area contributed by atoms with Crippen molar-refractivity contribution in [2.45, 2.75) is 6.55 Å². The number of halogens is 7. The molecular formula is C2H7BCl7NSi2. The van der Waals surface area contributed by atoms with Crippen molar-refractivity contribution in [3.8, 4) is 0 Å². The Hall–Kier alpha value is 2.49. The lowest BCUT2D eigenvalue weighted by molar-refractivity contribution is 0.865. The van der Waals surface area contributed by atoms with Crippen LogP contribution in [0.1, 0.15) is 0 Å². The van der Waals surface area contributed by atoms with Crippen LogP contribution < -0.4 is 0 Å². The summed E-state index contributed by atoms with van der Waals surface area (Å²) >= 11 is 37.3. The minimum Gasteiger partial charge on any atom is -0.318 e. The summed E-state index contributed by atoms with van der Waals surface area (Å²) in [7, 11) is -0.127. The van der Waals surface area contributed by atoms with Gasteiger partial charge in [-0.05, 0) is 13.6 Å². The monoisotopic (exact) mass is 357 g/mol. The van der Waals surface area contributed by atoms with E-state index in [9.17, 15) is 0 Å². The van der Waals surface area contributed by atoms with Gasteiger partial charge in [0.1, 0.15) is 0 Å². The highest BCUT2D eigenvalue weighted by Crippen LogP contribution is 2.17. The zero-order valence-corrected chi connectivity index (χ0v) is 14.2. The van der Waals surface area contributed by atoms with Crippen LogP contribution in [-0.2, 0) is 0 Å². The van der Waals surface area contributed by atoms with E-state index in [-0.39, 0.29) is 0 Å². The largest absolute Gasteiger partial charge is 0.429 e. The van der Waals surface area contributed by atoms with E-state index in [4.69, 9.17) is 78.3 Å². The molecule has 0 saturated carbocycles. The van der Waals surface area contributed by atoms with Gasteiger partial charge in [0, 0.05) is 0 Å². The van der Waals surface area contributed by atoms with Crippen LogP contribution in [0.25, 0.3) is 0 Å². The lowest BCUT2D eigenvalue weighted by Gasteiger charge is -2.13. The summed E-state index contributed by atoms with van der Waals surface area (Å²) in [5.41, 5.74) is -0.582. The molecule has 0 aliphatic heterocycles. The molecule has 0 atom stereocenters. The lowest BCUT2D eigenvalue weighted by Crippen LogP contribution is -2.33. The quantitative estimate of drug-likeness (QED) is 0.534. The van der Waals surface area contributed by atoms with E-state index in [1.165, 1.54) is 4.48 Å². The molecule has 1 nitrogen and oxygen atoms in total. The third kappa shape index (κ3) is 20.5. The highest BCUT2D eigenvalue weighted by molar-refractivity contribution is 7.64. The molecule has 80 valence electrons. The highest BCUT2D eigenvalue weighted by atomic mass is 35.8. The van der Waals surface area contributed by atoms with Gasteiger partial charge in [-0.25, -0.2) is 0 Å². The summed E-state index contributed by atoms with van der Waals surface area (Å²) in [6.45, 7) is 1.62. The van der Waals surface area contributed by atoms with Gasteiger partial charge in [-0.2, -0.15) is 0 Å². The van der Waals surface area contributed by atoms with Gasteiger partial charge < -0.3 is 4.48 Å². The molecule has 0 spiro atoms. The summed E-state index contributed by atoms with van der Waals surface area (Å²) in [5.74, 6) is 0. The van der Waals surface area contributed by atoms with Crippen molar-refractivity contribution in [2.75, 3.05) is 7.05 Å². The smallest absolute Gasteiger partial charge is 0.318 e. The van der Waals surface area contributed by atoms with Gasteiger partial charge in [0.2, 0.25) is 0 Å². The zero-order chi connectivity index (χ0) is 11.2. The summed E-state index contributed by atoms with van der Waals surface area (Å²) in [4.78, 5) is 0. The molecule has 0 aromatic rings. The van der Waals surface area contributed by atoms with Crippen LogP contribution in [0.4, 0.5) is 0 Å². The molecule has 0 aromatic heterocycles. The first kappa shape index (κ1) is 17.9. The number of rotatable bonds is 2. The normalized spacial score (nSPS) is 11.3. The van der Waals surface area contributed by atoms with Gasteiger partial charge in [-0.3, -0.25) is 0 Å². The van der Waals surface area contributed by atoms with Crippen molar-refractivity contribution in [1.82, 2.24) is 4.48 Å². The van der Waals surface area contributed by atoms with Crippen molar-refractivity contribution < 1.29 is 0 Å². The molecule has 0 heterocycles. The molecule has 13 heavy (non-hydrogen) atoms. The molecule has 0 fully saturated rings. The van der Waals surface area contributed by atoms with Crippen LogP contribution in [0, 0.1) is 0 Å². The first-order valence-electron chi connectivity index (χ1n) is 2.90. The standard InChI is InChI=1S/CH4BCl4NSi.CH3Cl3Si/c1-7(2(3)4)8(5)6;1-5(2,3)4/h8H,1H3;1H3. The van der Waals surface area contributed by atoms with E-state index in [1.54, 1.807) is 13.6 Å². The first-order chi connectivity index (χ1) is 5.55. The van der Waals surface area contributed by atoms with Crippen molar-refractivity contribution in [3.63, 3.8) is 0 Å². The maximum Gasteiger partial charge on any atom is 0.429 e. The van der Waals surface area contributed by atoms with Gasteiger partial charge in [-0.15, -0.1) is 78.3 Å². The Balaban J connectivity index is 0. The van der Waals surface area contributed by atoms with Crippen LogP contribution >= 0.6 is 78.3 Å². The maximum atomic E-state index is 5.48. The van der Waals surface area contributed by atoms with Crippen LogP contribution in [0.5, 0.6) is 0 Å². The fraction of sp³-hybridized carbons (Fsp3) is 1.00. The van der Waals surface area contributed by atoms with E-state index < -0.39 is 19.3 Å². The minimum absolute atomic E-state index is 0.582. The van der Waals surface area contributed by atoms with E-state index >= 15 is 0 Å². The van der Waals surface area contributed by atoms with Crippen LogP contribution in [0.3, 0.4) is 0 Å². The molecule has 0 amide bonds. The third-order valence-electron chi connectivity index (χ3n) is 0.616. The molecule has 0 aliphatic rings.